The summed E-state index contributed by atoms with van der Waals surface area (Å²) < 4.78 is 5.56. The van der Waals surface area contributed by atoms with Gasteiger partial charge in [0.05, 0.1) is 5.56 Å². The smallest absolute Gasteiger partial charge is 0.409 e. The molecule has 7 nitrogen and oxygen atoms in total. The molecule has 2 N–H and O–H groups in total. The lowest BCUT2D eigenvalue weighted by Crippen LogP contribution is -2.42. The first-order chi connectivity index (χ1) is 13.7. The van der Waals surface area contributed by atoms with Gasteiger partial charge >= 0.3 is 6.09 Å². The van der Waals surface area contributed by atoms with E-state index < -0.39 is 17.4 Å². The normalized spacial score (nSPS) is 15.1. The van der Waals surface area contributed by atoms with Crippen LogP contribution in [-0.4, -0.2) is 53.9 Å². The van der Waals surface area contributed by atoms with E-state index in [-0.39, 0.29) is 17.2 Å². The van der Waals surface area contributed by atoms with E-state index in [0.29, 0.717) is 38.0 Å². The highest BCUT2D eigenvalue weighted by molar-refractivity contribution is 6.09. The van der Waals surface area contributed by atoms with Crippen molar-refractivity contribution in [2.75, 3.05) is 26.2 Å². The number of nitrogens with zero attached hydrogens (tertiary/aromatic N) is 2. The zero-order valence-corrected chi connectivity index (χ0v) is 17.1. The Bertz CT molecular complexity index is 949. The lowest BCUT2D eigenvalue weighted by atomic mass is 9.94. The molecular formula is C22H27N3O4. The van der Waals surface area contributed by atoms with Crippen molar-refractivity contribution < 1.29 is 19.1 Å². The first-order valence-electron chi connectivity index (χ1n) is 9.76. The van der Waals surface area contributed by atoms with Crippen LogP contribution in [0.25, 0.3) is 10.8 Å². The Balaban J connectivity index is 1.76. The maximum Gasteiger partial charge on any atom is 0.415 e. The Morgan fingerprint density at radius 2 is 1.59 bits per heavy atom. The monoisotopic (exact) mass is 397 g/mol. The van der Waals surface area contributed by atoms with Crippen molar-refractivity contribution in [3.8, 4) is 5.75 Å². The van der Waals surface area contributed by atoms with E-state index in [2.05, 4.69) is 0 Å². The second-order valence-electron chi connectivity index (χ2n) is 8.27. The fraction of sp³-hybridized carbons (Fsp3) is 0.409. The molecule has 0 unspecified atom stereocenters. The molecule has 0 aliphatic carbocycles. The molecule has 7 heteroatoms. The molecule has 154 valence electrons. The van der Waals surface area contributed by atoms with E-state index >= 15 is 0 Å². The van der Waals surface area contributed by atoms with Crippen molar-refractivity contribution in [1.29, 1.82) is 0 Å². The predicted molar refractivity (Wildman–Crippen MR) is 111 cm³/mol. The van der Waals surface area contributed by atoms with Crippen LogP contribution >= 0.6 is 0 Å². The van der Waals surface area contributed by atoms with Gasteiger partial charge in [-0.05, 0) is 23.3 Å². The third-order valence-electron chi connectivity index (χ3n) is 5.02. The maximum absolute atomic E-state index is 12.8. The number of primary amides is 1. The van der Waals surface area contributed by atoms with E-state index in [4.69, 9.17) is 10.5 Å². The number of ether oxygens (including phenoxy) is 1. The molecule has 0 aromatic heterocycles. The van der Waals surface area contributed by atoms with E-state index in [9.17, 15) is 14.4 Å². The molecule has 0 bridgehead atoms. The molecule has 0 saturated carbocycles. The summed E-state index contributed by atoms with van der Waals surface area (Å²) in [6, 6.07) is 10.7. The van der Waals surface area contributed by atoms with Gasteiger partial charge in [-0.15, -0.1) is 0 Å². The molecule has 3 rings (SSSR count). The van der Waals surface area contributed by atoms with Crippen LogP contribution in [0.4, 0.5) is 4.79 Å². The van der Waals surface area contributed by atoms with Gasteiger partial charge < -0.3 is 20.3 Å². The summed E-state index contributed by atoms with van der Waals surface area (Å²) in [6.07, 6.45) is 0.116. The summed E-state index contributed by atoms with van der Waals surface area (Å²) in [6.45, 7) is 7.56. The number of hydrogen-bond donors (Lipinski definition) is 1. The van der Waals surface area contributed by atoms with Gasteiger partial charge in [0.15, 0.2) is 0 Å². The number of fused-ring (bicyclic) bond motifs is 1. The Labute approximate surface area is 170 Å². The van der Waals surface area contributed by atoms with E-state index in [1.807, 2.05) is 32.9 Å². The van der Waals surface area contributed by atoms with Crippen molar-refractivity contribution in [3.63, 3.8) is 0 Å². The summed E-state index contributed by atoms with van der Waals surface area (Å²) >= 11 is 0. The van der Waals surface area contributed by atoms with Gasteiger partial charge in [-0.1, -0.05) is 51.1 Å². The highest BCUT2D eigenvalue weighted by Gasteiger charge is 2.30. The van der Waals surface area contributed by atoms with Crippen molar-refractivity contribution in [2.45, 2.75) is 27.2 Å². The van der Waals surface area contributed by atoms with Gasteiger partial charge in [0.1, 0.15) is 5.75 Å². The van der Waals surface area contributed by atoms with Crippen molar-refractivity contribution in [2.24, 2.45) is 11.1 Å². The molecule has 0 spiro atoms. The molecule has 0 atom stereocenters. The molecular weight excluding hydrogens is 370 g/mol. The Hall–Kier alpha value is -3.09. The summed E-state index contributed by atoms with van der Waals surface area (Å²) in [5.74, 6) is -0.436. The Kier molecular flexibility index (Phi) is 5.77. The van der Waals surface area contributed by atoms with Crippen LogP contribution in [0.3, 0.4) is 0 Å². The summed E-state index contributed by atoms with van der Waals surface area (Å²) in [4.78, 5) is 40.7. The van der Waals surface area contributed by atoms with Crippen LogP contribution in [0.1, 0.15) is 37.6 Å². The largest absolute Gasteiger partial charge is 0.415 e. The number of carbonyl (C=O) groups excluding carboxylic acids is 3. The first kappa shape index (κ1) is 20.6. The zero-order valence-electron chi connectivity index (χ0n) is 17.1. The standard InChI is InChI=1S/C22H27N3O4/c1-22(2,3)20(27)24-11-6-12-25(14-13-24)21(28)29-17-10-9-15-7-4-5-8-16(15)18(17)19(23)26/h4-5,7-10H,6,11-14H2,1-3H3,(H2,23,26). The SMILES string of the molecule is CC(C)(C)C(=O)N1CCCN(C(=O)Oc2ccc3ccccc3c2C(N)=O)CC1. The number of benzene rings is 2. The summed E-state index contributed by atoms with van der Waals surface area (Å²) in [5, 5.41) is 1.48. The fourth-order valence-corrected chi connectivity index (χ4v) is 3.53. The second-order valence-corrected chi connectivity index (χ2v) is 8.27. The van der Waals surface area contributed by atoms with Crippen LogP contribution in [0.2, 0.25) is 0 Å². The van der Waals surface area contributed by atoms with Gasteiger partial charge in [-0.2, -0.15) is 0 Å². The van der Waals surface area contributed by atoms with Gasteiger partial charge in [0.25, 0.3) is 5.91 Å². The van der Waals surface area contributed by atoms with Crippen molar-refractivity contribution in [3.05, 3.63) is 42.0 Å². The zero-order chi connectivity index (χ0) is 21.2. The second kappa shape index (κ2) is 8.11. The van der Waals surface area contributed by atoms with Gasteiger partial charge in [-0.3, -0.25) is 9.59 Å². The summed E-state index contributed by atoms with van der Waals surface area (Å²) in [7, 11) is 0. The van der Waals surface area contributed by atoms with Crippen LogP contribution in [0.5, 0.6) is 5.75 Å². The molecule has 2 aromatic rings. The molecule has 1 aliphatic heterocycles. The Morgan fingerprint density at radius 3 is 2.28 bits per heavy atom. The molecule has 1 aliphatic rings. The summed E-state index contributed by atoms with van der Waals surface area (Å²) in [5.41, 5.74) is 5.29. The van der Waals surface area contributed by atoms with Crippen LogP contribution < -0.4 is 10.5 Å². The highest BCUT2D eigenvalue weighted by Crippen LogP contribution is 2.28. The van der Waals surface area contributed by atoms with Crippen LogP contribution in [0, 0.1) is 5.41 Å². The number of hydrogen-bond acceptors (Lipinski definition) is 4. The molecule has 29 heavy (non-hydrogen) atoms. The molecule has 3 amide bonds. The third-order valence-corrected chi connectivity index (χ3v) is 5.02. The molecule has 0 radical (unpaired) electrons. The minimum Gasteiger partial charge on any atom is -0.409 e. The lowest BCUT2D eigenvalue weighted by Gasteiger charge is -2.28. The quantitative estimate of drug-likeness (QED) is 0.843. The number of carbonyl (C=O) groups is 3. The number of amides is 3. The minimum absolute atomic E-state index is 0.0678. The van der Waals surface area contributed by atoms with Crippen LogP contribution in [0.15, 0.2) is 36.4 Å². The number of nitrogens with two attached hydrogens (primary N) is 1. The van der Waals surface area contributed by atoms with E-state index in [1.54, 1.807) is 34.1 Å². The number of rotatable bonds is 2. The highest BCUT2D eigenvalue weighted by atomic mass is 16.6. The molecule has 2 aromatic carbocycles. The average molecular weight is 397 g/mol. The molecule has 1 fully saturated rings. The van der Waals surface area contributed by atoms with Gasteiger partial charge in [0, 0.05) is 31.6 Å². The molecule has 1 saturated heterocycles. The average Bonchev–Trinajstić information content (AvgIpc) is 2.92. The topological polar surface area (TPSA) is 92.9 Å². The molecule has 1 heterocycles. The predicted octanol–water partition coefficient (Wildman–Crippen LogP) is 3.02. The maximum atomic E-state index is 12.8. The third kappa shape index (κ3) is 4.50. The Morgan fingerprint density at radius 1 is 0.931 bits per heavy atom. The van der Waals surface area contributed by atoms with Crippen molar-refractivity contribution >= 4 is 28.7 Å². The first-order valence-corrected chi connectivity index (χ1v) is 9.76. The van der Waals surface area contributed by atoms with E-state index in [0.717, 1.165) is 5.39 Å². The van der Waals surface area contributed by atoms with Crippen LogP contribution in [-0.2, 0) is 4.79 Å². The van der Waals surface area contributed by atoms with E-state index in [1.165, 1.54) is 0 Å². The van der Waals surface area contributed by atoms with Gasteiger partial charge in [0.2, 0.25) is 5.91 Å². The minimum atomic E-state index is -0.651. The van der Waals surface area contributed by atoms with Crippen molar-refractivity contribution in [1.82, 2.24) is 9.80 Å². The fourth-order valence-electron chi connectivity index (χ4n) is 3.53. The van der Waals surface area contributed by atoms with Gasteiger partial charge in [-0.25, -0.2) is 4.79 Å². The lowest BCUT2D eigenvalue weighted by molar-refractivity contribution is -0.139.